The summed E-state index contributed by atoms with van der Waals surface area (Å²) in [6.45, 7) is 5.93. The molecule has 4 rings (SSSR count). The molecule has 2 aromatic rings. The van der Waals surface area contributed by atoms with Crippen molar-refractivity contribution < 1.29 is 9.59 Å². The van der Waals surface area contributed by atoms with E-state index in [2.05, 4.69) is 34.6 Å². The van der Waals surface area contributed by atoms with E-state index >= 15 is 0 Å². The van der Waals surface area contributed by atoms with Crippen molar-refractivity contribution in [2.75, 3.05) is 42.9 Å². The summed E-state index contributed by atoms with van der Waals surface area (Å²) in [7, 11) is 0. The second-order valence-corrected chi connectivity index (χ2v) is 8.46. The maximum atomic E-state index is 12.6. The van der Waals surface area contributed by atoms with Crippen LogP contribution in [0.25, 0.3) is 0 Å². The summed E-state index contributed by atoms with van der Waals surface area (Å²) in [5, 5.41) is 6.05. The van der Waals surface area contributed by atoms with Gasteiger partial charge in [-0.15, -0.1) is 0 Å². The minimum absolute atomic E-state index is 0.0417. The van der Waals surface area contributed by atoms with E-state index in [0.717, 1.165) is 63.4 Å². The van der Waals surface area contributed by atoms with Gasteiger partial charge < -0.3 is 20.4 Å². The number of urea groups is 1. The molecule has 6 nitrogen and oxygen atoms in total. The third kappa shape index (κ3) is 5.37. The average molecular weight is 421 g/mol. The molecule has 0 aromatic heterocycles. The van der Waals surface area contributed by atoms with Crippen LogP contribution in [0.5, 0.6) is 0 Å². The first-order valence-corrected chi connectivity index (χ1v) is 11.4. The van der Waals surface area contributed by atoms with Gasteiger partial charge in [0.15, 0.2) is 0 Å². The van der Waals surface area contributed by atoms with Gasteiger partial charge in [-0.25, -0.2) is 4.79 Å². The van der Waals surface area contributed by atoms with Gasteiger partial charge in [-0.2, -0.15) is 0 Å². The molecule has 1 saturated heterocycles. The highest BCUT2D eigenvalue weighted by Crippen LogP contribution is 2.47. The Morgan fingerprint density at radius 3 is 2.35 bits per heavy atom. The number of carbonyl (C=O) groups is 2. The number of piperazine rings is 1. The average Bonchev–Trinajstić information content (AvgIpc) is 3.62. The Balaban J connectivity index is 1.24. The van der Waals surface area contributed by atoms with Gasteiger partial charge in [-0.05, 0) is 48.6 Å². The lowest BCUT2D eigenvalue weighted by molar-refractivity contribution is -0.117. The molecule has 2 atom stereocenters. The number of rotatable bonds is 7. The molecule has 0 spiro atoms. The van der Waals surface area contributed by atoms with Crippen LogP contribution in [-0.4, -0.2) is 49.6 Å². The van der Waals surface area contributed by atoms with Crippen molar-refractivity contribution in [1.29, 1.82) is 0 Å². The number of anilines is 2. The molecular weight excluding hydrogens is 388 g/mol. The molecule has 2 unspecified atom stereocenters. The maximum Gasteiger partial charge on any atom is 0.317 e. The van der Waals surface area contributed by atoms with E-state index < -0.39 is 0 Å². The Bertz CT molecular complexity index is 876. The van der Waals surface area contributed by atoms with E-state index in [4.69, 9.17) is 0 Å². The topological polar surface area (TPSA) is 64.7 Å². The highest BCUT2D eigenvalue weighted by Gasteiger charge is 2.43. The number of amides is 3. The molecule has 0 radical (unpaired) electrons. The SMILES string of the molecule is CCCCNC(=O)N1CCN(c2ccc(NC(=O)C3CC3c3ccccc3)cc2)CC1. The lowest BCUT2D eigenvalue weighted by Gasteiger charge is -2.36. The van der Waals surface area contributed by atoms with Crippen molar-refractivity contribution in [3.63, 3.8) is 0 Å². The van der Waals surface area contributed by atoms with E-state index in [0.29, 0.717) is 5.92 Å². The highest BCUT2D eigenvalue weighted by atomic mass is 16.2. The first-order valence-electron chi connectivity index (χ1n) is 11.4. The lowest BCUT2D eigenvalue weighted by atomic mass is 10.1. The first-order chi connectivity index (χ1) is 15.2. The Morgan fingerprint density at radius 1 is 0.968 bits per heavy atom. The fraction of sp³-hybridized carbons (Fsp3) is 0.440. The van der Waals surface area contributed by atoms with E-state index in [1.807, 2.05) is 47.4 Å². The van der Waals surface area contributed by atoms with E-state index in [1.54, 1.807) is 0 Å². The molecule has 3 amide bonds. The molecule has 0 bridgehead atoms. The van der Waals surface area contributed by atoms with Crippen LogP contribution in [0.15, 0.2) is 54.6 Å². The van der Waals surface area contributed by atoms with Gasteiger partial charge >= 0.3 is 6.03 Å². The Kier molecular flexibility index (Phi) is 6.75. The van der Waals surface area contributed by atoms with Crippen LogP contribution < -0.4 is 15.5 Å². The van der Waals surface area contributed by atoms with Gasteiger partial charge in [0.05, 0.1) is 0 Å². The number of benzene rings is 2. The number of hydrogen-bond donors (Lipinski definition) is 2. The zero-order valence-corrected chi connectivity index (χ0v) is 18.2. The number of nitrogens with zero attached hydrogens (tertiary/aromatic N) is 2. The molecule has 1 saturated carbocycles. The van der Waals surface area contributed by atoms with Crippen molar-refractivity contribution in [3.8, 4) is 0 Å². The van der Waals surface area contributed by atoms with Crippen LogP contribution in [0.4, 0.5) is 16.2 Å². The number of hydrogen-bond acceptors (Lipinski definition) is 3. The summed E-state index contributed by atoms with van der Waals surface area (Å²) in [5.41, 5.74) is 3.20. The molecular formula is C25H32N4O2. The second-order valence-electron chi connectivity index (χ2n) is 8.46. The quantitative estimate of drug-likeness (QED) is 0.664. The summed E-state index contributed by atoms with van der Waals surface area (Å²) in [6, 6.07) is 18.3. The summed E-state index contributed by atoms with van der Waals surface area (Å²) >= 11 is 0. The van der Waals surface area contributed by atoms with Gasteiger partial charge in [0.2, 0.25) is 5.91 Å². The van der Waals surface area contributed by atoms with Gasteiger partial charge in [0, 0.05) is 50.0 Å². The minimum atomic E-state index is 0.0417. The third-order valence-electron chi connectivity index (χ3n) is 6.23. The zero-order valence-electron chi connectivity index (χ0n) is 18.2. The summed E-state index contributed by atoms with van der Waals surface area (Å²) < 4.78 is 0. The summed E-state index contributed by atoms with van der Waals surface area (Å²) in [5.74, 6) is 0.513. The van der Waals surface area contributed by atoms with Gasteiger partial charge in [-0.3, -0.25) is 4.79 Å². The fourth-order valence-electron chi connectivity index (χ4n) is 4.20. The second kappa shape index (κ2) is 9.86. The highest BCUT2D eigenvalue weighted by molar-refractivity contribution is 5.95. The van der Waals surface area contributed by atoms with Crippen LogP contribution in [-0.2, 0) is 4.79 Å². The fourth-order valence-corrected chi connectivity index (χ4v) is 4.20. The van der Waals surface area contributed by atoms with Gasteiger partial charge in [-0.1, -0.05) is 43.7 Å². The lowest BCUT2D eigenvalue weighted by Crippen LogP contribution is -2.52. The van der Waals surface area contributed by atoms with Crippen LogP contribution in [0.3, 0.4) is 0 Å². The molecule has 31 heavy (non-hydrogen) atoms. The van der Waals surface area contributed by atoms with E-state index in [1.165, 1.54) is 5.56 Å². The summed E-state index contributed by atoms with van der Waals surface area (Å²) in [6.07, 6.45) is 3.02. The molecule has 164 valence electrons. The normalized spacial score (nSPS) is 20.3. The number of carbonyl (C=O) groups excluding carboxylic acids is 2. The monoisotopic (exact) mass is 420 g/mol. The van der Waals surface area contributed by atoms with Crippen LogP contribution in [0.1, 0.15) is 37.7 Å². The minimum Gasteiger partial charge on any atom is -0.368 e. The molecule has 2 aliphatic rings. The molecule has 6 heteroatoms. The number of nitrogens with one attached hydrogen (secondary N) is 2. The molecule has 2 N–H and O–H groups in total. The predicted octanol–water partition coefficient (Wildman–Crippen LogP) is 4.06. The Morgan fingerprint density at radius 2 is 1.68 bits per heavy atom. The van der Waals surface area contributed by atoms with Crippen molar-refractivity contribution in [2.45, 2.75) is 32.1 Å². The molecule has 1 aliphatic carbocycles. The van der Waals surface area contributed by atoms with E-state index in [9.17, 15) is 9.59 Å². The van der Waals surface area contributed by atoms with Gasteiger partial charge in [0.1, 0.15) is 0 Å². The molecule has 2 aromatic carbocycles. The van der Waals surface area contributed by atoms with Crippen molar-refractivity contribution in [2.24, 2.45) is 5.92 Å². The van der Waals surface area contributed by atoms with Crippen molar-refractivity contribution in [1.82, 2.24) is 10.2 Å². The summed E-state index contributed by atoms with van der Waals surface area (Å²) in [4.78, 5) is 28.9. The maximum absolute atomic E-state index is 12.6. The Hall–Kier alpha value is -3.02. The van der Waals surface area contributed by atoms with Gasteiger partial charge in [0.25, 0.3) is 0 Å². The number of unbranched alkanes of at least 4 members (excludes halogenated alkanes) is 1. The molecule has 2 fully saturated rings. The van der Waals surface area contributed by atoms with Crippen LogP contribution in [0.2, 0.25) is 0 Å². The van der Waals surface area contributed by atoms with Crippen LogP contribution >= 0.6 is 0 Å². The van der Waals surface area contributed by atoms with Crippen molar-refractivity contribution >= 4 is 23.3 Å². The van der Waals surface area contributed by atoms with Crippen LogP contribution in [0, 0.1) is 5.92 Å². The standard InChI is InChI=1S/C25H32N4O2/c1-2-3-13-26-25(31)29-16-14-28(15-17-29)21-11-9-20(10-12-21)27-24(30)23-18-22(23)19-7-5-4-6-8-19/h4-12,22-23H,2-3,13-18H2,1H3,(H,26,31)(H,27,30). The van der Waals surface area contributed by atoms with Crippen molar-refractivity contribution in [3.05, 3.63) is 60.2 Å². The smallest absolute Gasteiger partial charge is 0.317 e. The predicted molar refractivity (Wildman–Crippen MR) is 124 cm³/mol. The first kappa shape index (κ1) is 21.2. The molecule has 1 aliphatic heterocycles. The Labute approximate surface area is 184 Å². The molecule has 1 heterocycles. The largest absolute Gasteiger partial charge is 0.368 e. The third-order valence-corrected chi connectivity index (χ3v) is 6.23. The zero-order chi connectivity index (χ0) is 21.6. The van der Waals surface area contributed by atoms with E-state index in [-0.39, 0.29) is 17.9 Å².